The molecule has 166 valence electrons. The number of non-ortho nitro benzene ring substituents is 1. The predicted octanol–water partition coefficient (Wildman–Crippen LogP) is 5.13. The molecular weight excluding hydrogens is 539 g/mol. The van der Waals surface area contributed by atoms with E-state index in [1.165, 1.54) is 25.3 Å². The second-order valence-electron chi connectivity index (χ2n) is 6.94. The van der Waals surface area contributed by atoms with Gasteiger partial charge in [-0.15, -0.1) is 0 Å². The number of cyclic esters (lactones) is 1. The minimum absolute atomic E-state index is 0.000764. The molecule has 0 unspecified atom stereocenters. The lowest BCUT2D eigenvalue weighted by molar-refractivity contribution is -0.384. The molecule has 0 saturated heterocycles. The van der Waals surface area contributed by atoms with Crippen molar-refractivity contribution < 1.29 is 23.9 Å². The zero-order valence-corrected chi connectivity index (χ0v) is 19.5. The summed E-state index contributed by atoms with van der Waals surface area (Å²) in [5.74, 6) is 0.296. The van der Waals surface area contributed by atoms with Crippen molar-refractivity contribution in [2.45, 2.75) is 6.61 Å². The summed E-state index contributed by atoms with van der Waals surface area (Å²) in [6.07, 6.45) is 1.54. The summed E-state index contributed by atoms with van der Waals surface area (Å²) >= 11 is 2.23. The van der Waals surface area contributed by atoms with Gasteiger partial charge in [0.15, 0.2) is 17.2 Å². The summed E-state index contributed by atoms with van der Waals surface area (Å²) in [5.41, 5.74) is 1.82. The van der Waals surface area contributed by atoms with Crippen molar-refractivity contribution in [2.75, 3.05) is 7.11 Å². The molecule has 8 nitrogen and oxygen atoms in total. The Morgan fingerprint density at radius 2 is 1.91 bits per heavy atom. The van der Waals surface area contributed by atoms with Gasteiger partial charge in [0.25, 0.3) is 5.69 Å². The van der Waals surface area contributed by atoms with Crippen LogP contribution in [-0.2, 0) is 16.1 Å². The van der Waals surface area contributed by atoms with Gasteiger partial charge in [-0.05, 0) is 58.5 Å². The Balaban J connectivity index is 1.66. The molecule has 0 atom stereocenters. The molecule has 0 spiro atoms. The highest BCUT2D eigenvalue weighted by atomic mass is 127. The maximum Gasteiger partial charge on any atom is 0.363 e. The minimum Gasteiger partial charge on any atom is -0.493 e. The van der Waals surface area contributed by atoms with Crippen molar-refractivity contribution in [3.8, 4) is 11.5 Å². The molecule has 0 fully saturated rings. The number of carbonyl (C=O) groups excluding carboxylic acids is 1. The van der Waals surface area contributed by atoms with Crippen molar-refractivity contribution in [1.29, 1.82) is 0 Å². The first kappa shape index (κ1) is 22.5. The van der Waals surface area contributed by atoms with E-state index in [1.807, 2.05) is 24.3 Å². The molecule has 3 aromatic rings. The molecule has 33 heavy (non-hydrogen) atoms. The van der Waals surface area contributed by atoms with Gasteiger partial charge >= 0.3 is 5.97 Å². The van der Waals surface area contributed by atoms with E-state index < -0.39 is 10.9 Å². The van der Waals surface area contributed by atoms with Gasteiger partial charge in [0.1, 0.15) is 6.61 Å². The van der Waals surface area contributed by atoms with Gasteiger partial charge in [0, 0.05) is 26.8 Å². The van der Waals surface area contributed by atoms with Crippen LogP contribution in [0.3, 0.4) is 0 Å². The lowest BCUT2D eigenvalue weighted by Crippen LogP contribution is -2.06. The van der Waals surface area contributed by atoms with Crippen molar-refractivity contribution >= 4 is 46.2 Å². The molecule has 0 N–H and O–H groups in total. The smallest absolute Gasteiger partial charge is 0.363 e. The number of esters is 1. The molecular formula is C24H17IN2O6. The second-order valence-corrected chi connectivity index (χ2v) is 8.19. The molecule has 3 aromatic carbocycles. The molecule has 0 amide bonds. The fraction of sp³-hybridized carbons (Fsp3) is 0.0833. The van der Waals surface area contributed by atoms with Crippen molar-refractivity contribution in [2.24, 2.45) is 4.99 Å². The van der Waals surface area contributed by atoms with Crippen LogP contribution in [0.15, 0.2) is 77.4 Å². The fourth-order valence-electron chi connectivity index (χ4n) is 3.18. The molecule has 1 heterocycles. The number of aliphatic imine (C=N–C) groups is 1. The number of carbonyl (C=O) groups is 1. The van der Waals surface area contributed by atoms with Crippen LogP contribution in [0.1, 0.15) is 16.7 Å². The van der Waals surface area contributed by atoms with Crippen molar-refractivity contribution in [3.63, 3.8) is 0 Å². The van der Waals surface area contributed by atoms with Gasteiger partial charge in [-0.3, -0.25) is 10.1 Å². The average molecular weight is 556 g/mol. The van der Waals surface area contributed by atoms with E-state index in [0.29, 0.717) is 29.2 Å². The number of nitrogens with zero attached hydrogens (tertiary/aromatic N) is 2. The topological polar surface area (TPSA) is 100 Å². The Hall–Kier alpha value is -3.73. The standard InChI is InChI=1S/C24H17IN2O6/c1-31-21-10-4-6-16(22(21)32-14-15-5-2-8-18(25)11-15)13-20-24(28)33-23(26-20)17-7-3-9-19(12-17)27(29)30/h2-13H,14H2,1H3/b20-13-. The van der Waals surface area contributed by atoms with Crippen LogP contribution < -0.4 is 9.47 Å². The number of hydrogen-bond donors (Lipinski definition) is 0. The Morgan fingerprint density at radius 3 is 2.67 bits per heavy atom. The van der Waals surface area contributed by atoms with Crippen LogP contribution in [0.2, 0.25) is 0 Å². The number of nitro groups is 1. The number of para-hydroxylation sites is 1. The Bertz CT molecular complexity index is 1300. The summed E-state index contributed by atoms with van der Waals surface area (Å²) in [4.78, 5) is 27.2. The largest absolute Gasteiger partial charge is 0.493 e. The molecule has 0 radical (unpaired) electrons. The number of benzene rings is 3. The van der Waals surface area contributed by atoms with Gasteiger partial charge in [0.2, 0.25) is 5.90 Å². The highest BCUT2D eigenvalue weighted by Crippen LogP contribution is 2.34. The van der Waals surface area contributed by atoms with Gasteiger partial charge in [-0.25, -0.2) is 9.79 Å². The summed E-state index contributed by atoms with van der Waals surface area (Å²) < 4.78 is 17.8. The number of halogens is 1. The third-order valence-electron chi connectivity index (χ3n) is 4.72. The van der Waals surface area contributed by atoms with Crippen LogP contribution in [-0.4, -0.2) is 23.9 Å². The van der Waals surface area contributed by atoms with Crippen molar-refractivity contribution in [1.82, 2.24) is 0 Å². The van der Waals surface area contributed by atoms with Crippen LogP contribution in [0.5, 0.6) is 11.5 Å². The minimum atomic E-state index is -0.664. The van der Waals surface area contributed by atoms with E-state index in [1.54, 1.807) is 30.3 Å². The van der Waals surface area contributed by atoms with Crippen LogP contribution in [0, 0.1) is 13.7 Å². The van der Waals surface area contributed by atoms with Crippen LogP contribution in [0.25, 0.3) is 6.08 Å². The number of nitro benzene ring substituents is 1. The molecule has 0 saturated carbocycles. The molecule has 0 bridgehead atoms. The monoisotopic (exact) mass is 556 g/mol. The summed E-state index contributed by atoms with van der Waals surface area (Å²) in [6, 6.07) is 19.0. The highest BCUT2D eigenvalue weighted by Gasteiger charge is 2.26. The first-order chi connectivity index (χ1) is 15.9. The second kappa shape index (κ2) is 9.82. The molecule has 4 rings (SSSR count). The number of rotatable bonds is 7. The normalized spacial score (nSPS) is 14.1. The number of hydrogen-bond acceptors (Lipinski definition) is 7. The first-order valence-electron chi connectivity index (χ1n) is 9.76. The fourth-order valence-corrected chi connectivity index (χ4v) is 3.78. The van der Waals surface area contributed by atoms with E-state index in [9.17, 15) is 14.9 Å². The van der Waals surface area contributed by atoms with Gasteiger partial charge in [-0.2, -0.15) is 0 Å². The van der Waals surface area contributed by atoms with Crippen molar-refractivity contribution in [3.05, 3.63) is 103 Å². The lowest BCUT2D eigenvalue weighted by Gasteiger charge is -2.13. The van der Waals surface area contributed by atoms with Crippen LogP contribution in [0.4, 0.5) is 5.69 Å². The van der Waals surface area contributed by atoms with E-state index in [2.05, 4.69) is 27.6 Å². The van der Waals surface area contributed by atoms with Gasteiger partial charge in [-0.1, -0.05) is 30.3 Å². The zero-order valence-electron chi connectivity index (χ0n) is 17.4. The van der Waals surface area contributed by atoms with E-state index in [0.717, 1.165) is 9.13 Å². The Labute approximate surface area is 202 Å². The Kier molecular flexibility index (Phi) is 6.68. The lowest BCUT2D eigenvalue weighted by atomic mass is 10.1. The SMILES string of the molecule is COc1cccc(/C=C2\N=C(c3cccc([N+](=O)[O-])c3)OC2=O)c1OCc1cccc(I)c1. The Morgan fingerprint density at radius 1 is 1.12 bits per heavy atom. The van der Waals surface area contributed by atoms with E-state index in [-0.39, 0.29) is 17.3 Å². The zero-order chi connectivity index (χ0) is 23.4. The molecule has 1 aliphatic heterocycles. The summed E-state index contributed by atoms with van der Waals surface area (Å²) in [6.45, 7) is 0.306. The molecule has 9 heteroatoms. The number of ether oxygens (including phenoxy) is 3. The highest BCUT2D eigenvalue weighted by molar-refractivity contribution is 14.1. The van der Waals surface area contributed by atoms with Gasteiger partial charge < -0.3 is 14.2 Å². The quantitative estimate of drug-likeness (QED) is 0.132. The summed E-state index contributed by atoms with van der Waals surface area (Å²) in [7, 11) is 1.53. The average Bonchev–Trinajstić information content (AvgIpc) is 3.18. The molecule has 1 aliphatic rings. The first-order valence-corrected chi connectivity index (χ1v) is 10.8. The van der Waals surface area contributed by atoms with Gasteiger partial charge in [0.05, 0.1) is 12.0 Å². The summed E-state index contributed by atoms with van der Waals surface area (Å²) in [5, 5.41) is 11.0. The third-order valence-corrected chi connectivity index (χ3v) is 5.39. The predicted molar refractivity (Wildman–Crippen MR) is 130 cm³/mol. The number of methoxy groups -OCH3 is 1. The molecule has 0 aliphatic carbocycles. The maximum atomic E-state index is 12.5. The molecule has 0 aromatic heterocycles. The maximum absolute atomic E-state index is 12.5. The van der Waals surface area contributed by atoms with E-state index >= 15 is 0 Å². The third kappa shape index (κ3) is 5.20. The van der Waals surface area contributed by atoms with Crippen LogP contribution >= 0.6 is 22.6 Å². The van der Waals surface area contributed by atoms with E-state index in [4.69, 9.17) is 14.2 Å².